The van der Waals surface area contributed by atoms with Crippen molar-refractivity contribution >= 4 is 12.4 Å². The highest BCUT2D eigenvalue weighted by Crippen LogP contribution is 2.38. The Balaban J connectivity index is 0.00000324. The second-order valence-corrected chi connectivity index (χ2v) is 4.15. The summed E-state index contributed by atoms with van der Waals surface area (Å²) in [5, 5.41) is 9.56. The highest BCUT2D eigenvalue weighted by Gasteiger charge is 2.18. The molecule has 0 saturated carbocycles. The minimum Gasteiger partial charge on any atom is -0.508 e. The van der Waals surface area contributed by atoms with Crippen molar-refractivity contribution in [1.82, 2.24) is 0 Å². The molecule has 5 nitrogen and oxygen atoms in total. The Labute approximate surface area is 120 Å². The Morgan fingerprint density at radius 2 is 1.68 bits per heavy atom. The van der Waals surface area contributed by atoms with Crippen molar-refractivity contribution in [3.63, 3.8) is 0 Å². The largest absolute Gasteiger partial charge is 0.508 e. The van der Waals surface area contributed by atoms with Gasteiger partial charge in [0.1, 0.15) is 17.2 Å². The minimum atomic E-state index is -0.193. The normalized spacial score (nSPS) is 11.6. The van der Waals surface area contributed by atoms with E-state index in [0.29, 0.717) is 18.0 Å². The third kappa shape index (κ3) is 4.78. The maximum atomic E-state index is 9.56. The Kier molecular flexibility index (Phi) is 8.30. The summed E-state index contributed by atoms with van der Waals surface area (Å²) in [6, 6.07) is 2.89. The molecule has 110 valence electrons. The summed E-state index contributed by atoms with van der Waals surface area (Å²) in [6.45, 7) is 0.663. The maximum absolute atomic E-state index is 9.56. The van der Waals surface area contributed by atoms with Gasteiger partial charge in [-0.2, -0.15) is 0 Å². The van der Waals surface area contributed by atoms with Crippen LogP contribution < -0.4 is 20.9 Å². The molecule has 1 rings (SSSR count). The number of rotatable bonds is 7. The van der Waals surface area contributed by atoms with Gasteiger partial charge in [0, 0.05) is 18.2 Å². The van der Waals surface area contributed by atoms with Crippen LogP contribution in [0.2, 0.25) is 0 Å². The number of aromatic hydroxyl groups is 1. The van der Waals surface area contributed by atoms with Gasteiger partial charge < -0.3 is 26.0 Å². The number of hydrogen-bond donors (Lipinski definition) is 3. The summed E-state index contributed by atoms with van der Waals surface area (Å²) in [4.78, 5) is 0. The van der Waals surface area contributed by atoms with E-state index in [4.69, 9.17) is 20.9 Å². The molecule has 0 unspecified atom stereocenters. The van der Waals surface area contributed by atoms with Crippen LogP contribution in [0.15, 0.2) is 12.1 Å². The van der Waals surface area contributed by atoms with Crippen molar-refractivity contribution in [3.8, 4) is 17.2 Å². The third-order valence-electron chi connectivity index (χ3n) is 2.87. The summed E-state index contributed by atoms with van der Waals surface area (Å²) >= 11 is 0. The number of halogens is 1. The Morgan fingerprint density at radius 3 is 2.11 bits per heavy atom. The van der Waals surface area contributed by atoms with Gasteiger partial charge in [0.25, 0.3) is 0 Å². The van der Waals surface area contributed by atoms with Crippen molar-refractivity contribution in [2.24, 2.45) is 11.5 Å². The average Bonchev–Trinajstić information content (AvgIpc) is 2.37. The van der Waals surface area contributed by atoms with Gasteiger partial charge in [-0.1, -0.05) is 6.42 Å². The molecule has 0 amide bonds. The fraction of sp³-hybridized carbons (Fsp3) is 0.538. The summed E-state index contributed by atoms with van der Waals surface area (Å²) in [5.41, 5.74) is 12.4. The van der Waals surface area contributed by atoms with Crippen LogP contribution in [0.3, 0.4) is 0 Å². The quantitative estimate of drug-likeness (QED) is 0.668. The summed E-state index contributed by atoms with van der Waals surface area (Å²) in [6.07, 6.45) is 2.69. The first-order chi connectivity index (χ1) is 8.63. The summed E-state index contributed by atoms with van der Waals surface area (Å²) < 4.78 is 10.5. The van der Waals surface area contributed by atoms with Gasteiger partial charge in [-0.05, 0) is 19.4 Å². The standard InChI is InChI=1S/C13H22N2O3.ClH/c1-17-11-7-9(16)8-12(18-2)13(11)10(15)5-3-4-6-14;/h7-8,10,16H,3-6,14-15H2,1-2H3;1H/t10-;/m0./s1. The summed E-state index contributed by atoms with van der Waals surface area (Å²) in [5.74, 6) is 1.20. The lowest BCUT2D eigenvalue weighted by Crippen LogP contribution is -2.13. The topological polar surface area (TPSA) is 90.7 Å². The van der Waals surface area contributed by atoms with Crippen molar-refractivity contribution in [2.75, 3.05) is 20.8 Å². The zero-order chi connectivity index (χ0) is 13.5. The number of unbranched alkanes of at least 4 members (excludes halogenated alkanes) is 1. The first kappa shape index (κ1) is 17.8. The molecule has 5 N–H and O–H groups in total. The van der Waals surface area contributed by atoms with E-state index in [0.717, 1.165) is 24.8 Å². The zero-order valence-electron chi connectivity index (χ0n) is 11.4. The van der Waals surface area contributed by atoms with Crippen LogP contribution in [0.4, 0.5) is 0 Å². The first-order valence-electron chi connectivity index (χ1n) is 6.04. The SMILES string of the molecule is COc1cc(O)cc(OC)c1[C@@H](N)CCCCN.Cl. The van der Waals surface area contributed by atoms with Crippen molar-refractivity contribution in [2.45, 2.75) is 25.3 Å². The van der Waals surface area contributed by atoms with Gasteiger partial charge in [-0.3, -0.25) is 0 Å². The number of phenolic OH excluding ortho intramolecular Hbond substituents is 1. The zero-order valence-corrected chi connectivity index (χ0v) is 12.2. The van der Waals surface area contributed by atoms with Crippen LogP contribution in [0, 0.1) is 0 Å². The van der Waals surface area contributed by atoms with E-state index in [9.17, 15) is 5.11 Å². The molecule has 0 aliphatic carbocycles. The predicted octanol–water partition coefficient (Wildman–Crippen LogP) is 1.96. The van der Waals surface area contributed by atoms with E-state index in [-0.39, 0.29) is 24.2 Å². The second kappa shape index (κ2) is 8.85. The predicted molar refractivity (Wildman–Crippen MR) is 78.3 cm³/mol. The Hall–Kier alpha value is -1.17. The lowest BCUT2D eigenvalue weighted by Gasteiger charge is -2.19. The van der Waals surface area contributed by atoms with Gasteiger partial charge >= 0.3 is 0 Å². The molecular formula is C13H23ClN2O3. The van der Waals surface area contributed by atoms with E-state index in [1.165, 1.54) is 0 Å². The number of hydrogen-bond acceptors (Lipinski definition) is 5. The lowest BCUT2D eigenvalue weighted by molar-refractivity contribution is 0.368. The second-order valence-electron chi connectivity index (χ2n) is 4.15. The molecule has 0 aliphatic heterocycles. The van der Waals surface area contributed by atoms with E-state index in [1.54, 1.807) is 26.4 Å². The summed E-state index contributed by atoms with van der Waals surface area (Å²) in [7, 11) is 3.09. The molecule has 0 fully saturated rings. The highest BCUT2D eigenvalue weighted by molar-refractivity contribution is 5.85. The number of nitrogens with two attached hydrogens (primary N) is 2. The maximum Gasteiger partial charge on any atom is 0.131 e. The smallest absolute Gasteiger partial charge is 0.131 e. The molecule has 0 aliphatic rings. The number of ether oxygens (including phenoxy) is 2. The number of benzene rings is 1. The minimum absolute atomic E-state index is 0. The molecule has 0 spiro atoms. The Bertz CT molecular complexity index is 363. The third-order valence-corrected chi connectivity index (χ3v) is 2.87. The molecule has 6 heteroatoms. The number of phenols is 1. The molecular weight excluding hydrogens is 268 g/mol. The molecule has 0 heterocycles. The van der Waals surface area contributed by atoms with Gasteiger partial charge in [0.15, 0.2) is 0 Å². The molecule has 19 heavy (non-hydrogen) atoms. The van der Waals surface area contributed by atoms with E-state index >= 15 is 0 Å². The molecule has 1 aromatic rings. The van der Waals surface area contributed by atoms with Crippen molar-refractivity contribution < 1.29 is 14.6 Å². The van der Waals surface area contributed by atoms with Crippen LogP contribution in [0.5, 0.6) is 17.2 Å². The van der Waals surface area contributed by atoms with E-state index < -0.39 is 0 Å². The van der Waals surface area contributed by atoms with Crippen LogP contribution in [0.25, 0.3) is 0 Å². The Morgan fingerprint density at radius 1 is 1.16 bits per heavy atom. The first-order valence-corrected chi connectivity index (χ1v) is 6.04. The molecule has 0 radical (unpaired) electrons. The lowest BCUT2D eigenvalue weighted by atomic mass is 9.99. The fourth-order valence-corrected chi connectivity index (χ4v) is 1.94. The van der Waals surface area contributed by atoms with Gasteiger partial charge in [0.2, 0.25) is 0 Å². The highest BCUT2D eigenvalue weighted by atomic mass is 35.5. The van der Waals surface area contributed by atoms with Crippen molar-refractivity contribution in [1.29, 1.82) is 0 Å². The van der Waals surface area contributed by atoms with Crippen LogP contribution in [-0.4, -0.2) is 25.9 Å². The van der Waals surface area contributed by atoms with Crippen LogP contribution >= 0.6 is 12.4 Å². The number of methoxy groups -OCH3 is 2. The van der Waals surface area contributed by atoms with E-state index in [2.05, 4.69) is 0 Å². The van der Waals surface area contributed by atoms with Gasteiger partial charge in [0.05, 0.1) is 19.8 Å². The molecule has 0 aromatic heterocycles. The van der Waals surface area contributed by atoms with Gasteiger partial charge in [-0.25, -0.2) is 0 Å². The molecule has 1 aromatic carbocycles. The van der Waals surface area contributed by atoms with Crippen LogP contribution in [0.1, 0.15) is 30.9 Å². The van der Waals surface area contributed by atoms with Crippen LogP contribution in [-0.2, 0) is 0 Å². The average molecular weight is 291 g/mol. The van der Waals surface area contributed by atoms with Gasteiger partial charge in [-0.15, -0.1) is 12.4 Å². The molecule has 0 saturated heterocycles. The van der Waals surface area contributed by atoms with E-state index in [1.807, 2.05) is 0 Å². The monoisotopic (exact) mass is 290 g/mol. The van der Waals surface area contributed by atoms with Crippen molar-refractivity contribution in [3.05, 3.63) is 17.7 Å². The fourth-order valence-electron chi connectivity index (χ4n) is 1.94. The molecule has 0 bridgehead atoms. The molecule has 1 atom stereocenters.